The molecule has 0 bridgehead atoms. The van der Waals surface area contributed by atoms with Gasteiger partial charge in [0.15, 0.2) is 0 Å². The number of methoxy groups -OCH3 is 1. The third kappa shape index (κ3) is 4.44. The molecule has 5 nitrogen and oxygen atoms in total. The average Bonchev–Trinajstić information content (AvgIpc) is 2.39. The number of rotatable bonds is 6. The van der Waals surface area contributed by atoms with Gasteiger partial charge in [0.25, 0.3) is 0 Å². The Balaban J connectivity index is 2.67. The molecule has 0 saturated heterocycles. The predicted molar refractivity (Wildman–Crippen MR) is 69.6 cm³/mol. The maximum atomic E-state index is 10.9. The van der Waals surface area contributed by atoms with E-state index in [1.807, 2.05) is 0 Å². The quantitative estimate of drug-likeness (QED) is 0.813. The summed E-state index contributed by atoms with van der Waals surface area (Å²) in [5.41, 5.74) is 0.595. The van der Waals surface area contributed by atoms with Crippen LogP contribution in [-0.4, -0.2) is 30.8 Å². The van der Waals surface area contributed by atoms with Gasteiger partial charge in [0.2, 0.25) is 0 Å². The molecule has 1 N–H and O–H groups in total. The van der Waals surface area contributed by atoms with Crippen molar-refractivity contribution in [3.05, 3.63) is 28.8 Å². The monoisotopic (exact) mass is 286 g/mol. The van der Waals surface area contributed by atoms with Crippen molar-refractivity contribution in [1.82, 2.24) is 0 Å². The number of carbonyl (C=O) groups is 2. The summed E-state index contributed by atoms with van der Waals surface area (Å²) in [6, 6.07) is 4.78. The lowest BCUT2D eigenvalue weighted by molar-refractivity contribution is -0.141. The van der Waals surface area contributed by atoms with Crippen LogP contribution in [0.25, 0.3) is 0 Å². The number of benzene rings is 1. The number of ether oxygens (including phenoxy) is 2. The molecule has 0 saturated carbocycles. The molecule has 0 aliphatic carbocycles. The minimum absolute atomic E-state index is 0.125. The summed E-state index contributed by atoms with van der Waals surface area (Å²) in [6.07, 6.45) is 0.125. The van der Waals surface area contributed by atoms with E-state index in [-0.39, 0.29) is 19.0 Å². The molecule has 0 aliphatic heterocycles. The van der Waals surface area contributed by atoms with Crippen LogP contribution in [0.2, 0.25) is 5.02 Å². The zero-order valence-corrected chi connectivity index (χ0v) is 11.4. The second-order valence-electron chi connectivity index (χ2n) is 3.92. The molecule has 0 aliphatic rings. The van der Waals surface area contributed by atoms with Crippen molar-refractivity contribution in [3.8, 4) is 5.75 Å². The molecule has 0 aromatic heterocycles. The third-order valence-corrected chi connectivity index (χ3v) is 2.91. The highest BCUT2D eigenvalue weighted by molar-refractivity contribution is 6.32. The predicted octanol–water partition coefficient (Wildman–Crippen LogP) is 2.47. The Bertz CT molecular complexity index is 472. The van der Waals surface area contributed by atoms with Crippen molar-refractivity contribution in [2.24, 2.45) is 0 Å². The van der Waals surface area contributed by atoms with E-state index in [9.17, 15) is 9.59 Å². The molecule has 19 heavy (non-hydrogen) atoms. The highest BCUT2D eigenvalue weighted by Gasteiger charge is 2.15. The smallest absolute Gasteiger partial charge is 0.310 e. The molecule has 0 amide bonds. The normalized spacial score (nSPS) is 11.7. The molecule has 0 radical (unpaired) electrons. The summed E-state index contributed by atoms with van der Waals surface area (Å²) in [5.74, 6) is -1.52. The Hall–Kier alpha value is -1.75. The van der Waals surface area contributed by atoms with Crippen LogP contribution in [0.5, 0.6) is 5.75 Å². The lowest BCUT2D eigenvalue weighted by Crippen LogP contribution is -2.09. The molecule has 0 spiro atoms. The van der Waals surface area contributed by atoms with Crippen LogP contribution in [0.1, 0.15) is 24.8 Å². The van der Waals surface area contributed by atoms with Crippen molar-refractivity contribution >= 4 is 23.5 Å². The first-order valence-corrected chi connectivity index (χ1v) is 6.05. The van der Waals surface area contributed by atoms with Crippen LogP contribution in [0.15, 0.2) is 18.2 Å². The van der Waals surface area contributed by atoms with Gasteiger partial charge in [0, 0.05) is 0 Å². The van der Waals surface area contributed by atoms with Gasteiger partial charge in [-0.1, -0.05) is 17.7 Å². The van der Waals surface area contributed by atoms with Crippen LogP contribution < -0.4 is 4.74 Å². The van der Waals surface area contributed by atoms with Crippen molar-refractivity contribution in [2.75, 3.05) is 13.7 Å². The summed E-state index contributed by atoms with van der Waals surface area (Å²) in [5, 5.41) is 9.21. The maximum Gasteiger partial charge on any atom is 0.310 e. The fourth-order valence-corrected chi connectivity index (χ4v) is 1.64. The molecule has 1 aromatic rings. The van der Waals surface area contributed by atoms with E-state index in [1.165, 1.54) is 7.11 Å². The van der Waals surface area contributed by atoms with Gasteiger partial charge in [-0.25, -0.2) is 0 Å². The number of hydrogen-bond donors (Lipinski definition) is 1. The number of esters is 1. The number of halogens is 1. The van der Waals surface area contributed by atoms with Gasteiger partial charge in [-0.2, -0.15) is 0 Å². The Morgan fingerprint density at radius 3 is 2.63 bits per heavy atom. The highest BCUT2D eigenvalue weighted by Crippen LogP contribution is 2.28. The number of hydrogen-bond acceptors (Lipinski definition) is 4. The molecule has 1 unspecified atom stereocenters. The van der Waals surface area contributed by atoms with Crippen molar-refractivity contribution in [2.45, 2.75) is 19.3 Å². The van der Waals surface area contributed by atoms with Crippen molar-refractivity contribution in [1.29, 1.82) is 0 Å². The summed E-state index contributed by atoms with van der Waals surface area (Å²) in [6.45, 7) is 1.73. The largest absolute Gasteiger partial charge is 0.491 e. The summed E-state index contributed by atoms with van der Waals surface area (Å²) >= 11 is 5.99. The summed E-state index contributed by atoms with van der Waals surface area (Å²) in [4.78, 5) is 21.8. The minimum atomic E-state index is -0.921. The van der Waals surface area contributed by atoms with E-state index < -0.39 is 11.9 Å². The topological polar surface area (TPSA) is 72.8 Å². The zero-order valence-electron chi connectivity index (χ0n) is 10.7. The number of carboxylic acids is 1. The number of aliphatic carboxylic acids is 1. The van der Waals surface area contributed by atoms with E-state index in [0.717, 1.165) is 0 Å². The lowest BCUT2D eigenvalue weighted by atomic mass is 10.0. The third-order valence-electron chi connectivity index (χ3n) is 2.62. The Morgan fingerprint density at radius 1 is 1.42 bits per heavy atom. The SMILES string of the molecule is COC(=O)CCOc1ccc(C(C)C(=O)O)cc1Cl. The molecular weight excluding hydrogens is 272 g/mol. The second-order valence-corrected chi connectivity index (χ2v) is 4.33. The van der Waals surface area contributed by atoms with Gasteiger partial charge >= 0.3 is 11.9 Å². The molecule has 0 fully saturated rings. The maximum absolute atomic E-state index is 10.9. The van der Waals surface area contributed by atoms with Crippen LogP contribution in [0.4, 0.5) is 0 Å². The van der Waals surface area contributed by atoms with E-state index in [1.54, 1.807) is 25.1 Å². The Morgan fingerprint density at radius 2 is 2.11 bits per heavy atom. The zero-order chi connectivity index (χ0) is 14.4. The van der Waals surface area contributed by atoms with Crippen molar-refractivity contribution in [3.63, 3.8) is 0 Å². The first-order chi connectivity index (χ1) is 8.95. The van der Waals surface area contributed by atoms with Crippen LogP contribution in [0, 0.1) is 0 Å². The summed E-state index contributed by atoms with van der Waals surface area (Å²) in [7, 11) is 1.30. The average molecular weight is 287 g/mol. The Labute approximate surface area is 116 Å². The Kier molecular flexibility index (Phi) is 5.63. The van der Waals surface area contributed by atoms with Crippen LogP contribution in [0.3, 0.4) is 0 Å². The molecule has 6 heteroatoms. The van der Waals surface area contributed by atoms with Gasteiger partial charge in [0.05, 0.1) is 31.1 Å². The fraction of sp³-hybridized carbons (Fsp3) is 0.385. The van der Waals surface area contributed by atoms with Crippen LogP contribution in [-0.2, 0) is 14.3 Å². The second kappa shape index (κ2) is 6.99. The van der Waals surface area contributed by atoms with Gasteiger partial charge < -0.3 is 14.6 Å². The molecule has 0 heterocycles. The number of carboxylic acid groups (broad SMARTS) is 1. The van der Waals surface area contributed by atoms with Gasteiger partial charge in [-0.15, -0.1) is 0 Å². The highest BCUT2D eigenvalue weighted by atomic mass is 35.5. The van der Waals surface area contributed by atoms with Crippen molar-refractivity contribution < 1.29 is 24.2 Å². The van der Waals surface area contributed by atoms with E-state index in [2.05, 4.69) is 4.74 Å². The molecular formula is C13H15ClO5. The fourth-order valence-electron chi connectivity index (χ4n) is 1.39. The van der Waals surface area contributed by atoms with Gasteiger partial charge in [0.1, 0.15) is 5.75 Å². The van der Waals surface area contributed by atoms with E-state index >= 15 is 0 Å². The molecule has 1 aromatic carbocycles. The number of carbonyl (C=O) groups excluding carboxylic acids is 1. The van der Waals surface area contributed by atoms with Crippen LogP contribution >= 0.6 is 11.6 Å². The minimum Gasteiger partial charge on any atom is -0.491 e. The molecule has 104 valence electrons. The molecule has 1 rings (SSSR count). The standard InChI is InChI=1S/C13H15ClO5/c1-8(13(16)17)9-3-4-11(10(14)7-9)19-6-5-12(15)18-2/h3-4,7-8H,5-6H2,1-2H3,(H,16,17). The summed E-state index contributed by atoms with van der Waals surface area (Å²) < 4.78 is 9.80. The van der Waals surface area contributed by atoms with E-state index in [0.29, 0.717) is 16.3 Å². The van der Waals surface area contributed by atoms with Gasteiger partial charge in [-0.05, 0) is 24.6 Å². The van der Waals surface area contributed by atoms with Gasteiger partial charge in [-0.3, -0.25) is 9.59 Å². The van der Waals surface area contributed by atoms with E-state index in [4.69, 9.17) is 21.4 Å². The first-order valence-electron chi connectivity index (χ1n) is 5.67. The first kappa shape index (κ1) is 15.3. The molecule has 1 atom stereocenters. The lowest BCUT2D eigenvalue weighted by Gasteiger charge is -2.11.